The molecule has 1 atom stereocenters. The van der Waals surface area contributed by atoms with Gasteiger partial charge >= 0.3 is 10.2 Å². The Morgan fingerprint density at radius 1 is 0.955 bits per heavy atom. The van der Waals surface area contributed by atoms with Crippen molar-refractivity contribution in [3.63, 3.8) is 0 Å². The largest absolute Gasteiger partial charge is 0.352 e. The van der Waals surface area contributed by atoms with Gasteiger partial charge in [-0.25, -0.2) is 8.70 Å². The van der Waals surface area contributed by atoms with Crippen molar-refractivity contribution in [2.45, 2.75) is 57.2 Å². The van der Waals surface area contributed by atoms with E-state index in [-0.39, 0.29) is 35.6 Å². The van der Waals surface area contributed by atoms with Crippen molar-refractivity contribution in [2.75, 3.05) is 24.9 Å². The van der Waals surface area contributed by atoms with Crippen LogP contribution < -0.4 is 9.62 Å². The van der Waals surface area contributed by atoms with Gasteiger partial charge in [-0.05, 0) is 48.2 Å². The minimum absolute atomic E-state index is 0.0328. The lowest BCUT2D eigenvalue weighted by Gasteiger charge is -2.35. The third-order valence-corrected chi connectivity index (χ3v) is 10.1. The van der Waals surface area contributed by atoms with E-state index in [0.717, 1.165) is 52.3 Å². The van der Waals surface area contributed by atoms with Crippen LogP contribution in [0, 0.1) is 5.82 Å². The van der Waals surface area contributed by atoms with E-state index >= 15 is 4.39 Å². The number of rotatable bonds is 12. The molecule has 1 saturated carbocycles. The minimum atomic E-state index is -4.32. The summed E-state index contributed by atoms with van der Waals surface area (Å²) in [5.74, 6) is -1.87. The second kappa shape index (κ2) is 15.2. The van der Waals surface area contributed by atoms with Gasteiger partial charge in [-0.1, -0.05) is 91.0 Å². The van der Waals surface area contributed by atoms with E-state index in [9.17, 15) is 18.0 Å². The van der Waals surface area contributed by atoms with Crippen LogP contribution in [0.3, 0.4) is 0 Å². The van der Waals surface area contributed by atoms with E-state index in [2.05, 4.69) is 5.32 Å². The number of nitrogens with zero attached hydrogens (tertiary/aromatic N) is 3. The predicted octanol–water partition coefficient (Wildman–Crippen LogP) is 5.83. The molecule has 44 heavy (non-hydrogen) atoms. The summed E-state index contributed by atoms with van der Waals surface area (Å²) in [4.78, 5) is 29.7. The average molecular weight is 664 g/mol. The molecule has 2 amide bonds. The highest BCUT2D eigenvalue weighted by Gasteiger charge is 2.36. The summed E-state index contributed by atoms with van der Waals surface area (Å²) in [5.41, 5.74) is 1.04. The highest BCUT2D eigenvalue weighted by molar-refractivity contribution is 7.90. The monoisotopic (exact) mass is 662 g/mol. The highest BCUT2D eigenvalue weighted by Crippen LogP contribution is 2.27. The van der Waals surface area contributed by atoms with Gasteiger partial charge in [0.15, 0.2) is 0 Å². The van der Waals surface area contributed by atoms with Crippen molar-refractivity contribution in [3.05, 3.63) is 99.8 Å². The third kappa shape index (κ3) is 8.50. The fourth-order valence-corrected chi connectivity index (χ4v) is 6.82. The Kier molecular flexibility index (Phi) is 11.6. The number of para-hydroxylation sites is 1. The Hall–Kier alpha value is -3.18. The smallest absolute Gasteiger partial charge is 0.304 e. The van der Waals surface area contributed by atoms with Gasteiger partial charge in [-0.3, -0.25) is 9.59 Å². The molecule has 0 unspecified atom stereocenters. The summed E-state index contributed by atoms with van der Waals surface area (Å²) in [6, 6.07) is 18.4. The summed E-state index contributed by atoms with van der Waals surface area (Å²) >= 11 is 12.7. The molecule has 1 aliphatic rings. The molecule has 236 valence electrons. The number of amides is 2. The first-order valence-electron chi connectivity index (χ1n) is 14.5. The molecule has 1 N–H and O–H groups in total. The van der Waals surface area contributed by atoms with Gasteiger partial charge in [0, 0.05) is 43.1 Å². The summed E-state index contributed by atoms with van der Waals surface area (Å²) < 4.78 is 43.5. The number of benzene rings is 3. The van der Waals surface area contributed by atoms with Gasteiger partial charge in [0.25, 0.3) is 0 Å². The fourth-order valence-electron chi connectivity index (χ4n) is 5.29. The van der Waals surface area contributed by atoms with Gasteiger partial charge in [0.2, 0.25) is 11.8 Å². The second-order valence-electron chi connectivity index (χ2n) is 11.1. The van der Waals surface area contributed by atoms with Crippen LogP contribution in [-0.4, -0.2) is 62.2 Å². The Balaban J connectivity index is 1.78. The van der Waals surface area contributed by atoms with E-state index in [1.807, 2.05) is 30.3 Å². The zero-order valence-corrected chi connectivity index (χ0v) is 27.1. The number of hydrogen-bond acceptors (Lipinski definition) is 4. The molecule has 12 heteroatoms. The van der Waals surface area contributed by atoms with Gasteiger partial charge in [-0.15, -0.1) is 0 Å². The van der Waals surface area contributed by atoms with Crippen LogP contribution in [-0.2, 0) is 32.8 Å². The van der Waals surface area contributed by atoms with Crippen molar-refractivity contribution in [2.24, 2.45) is 0 Å². The van der Waals surface area contributed by atoms with Crippen LogP contribution in [0.25, 0.3) is 0 Å². The van der Waals surface area contributed by atoms with Gasteiger partial charge < -0.3 is 10.2 Å². The Morgan fingerprint density at radius 2 is 1.61 bits per heavy atom. The average Bonchev–Trinajstić information content (AvgIpc) is 3.00. The van der Waals surface area contributed by atoms with Crippen LogP contribution in [0.4, 0.5) is 10.1 Å². The molecule has 0 radical (unpaired) electrons. The fraction of sp³-hybridized carbons (Fsp3) is 0.375. The quantitative estimate of drug-likeness (QED) is 0.264. The Labute approximate surface area is 268 Å². The molecular weight excluding hydrogens is 626 g/mol. The maximum atomic E-state index is 15.0. The van der Waals surface area contributed by atoms with Gasteiger partial charge in [-0.2, -0.15) is 12.7 Å². The zero-order valence-electron chi connectivity index (χ0n) is 24.8. The first kappa shape index (κ1) is 33.7. The highest BCUT2D eigenvalue weighted by atomic mass is 35.5. The van der Waals surface area contributed by atoms with E-state index in [1.165, 1.54) is 43.3 Å². The number of nitrogens with one attached hydrogen (secondary N) is 1. The molecule has 3 aromatic carbocycles. The summed E-state index contributed by atoms with van der Waals surface area (Å²) in [6.45, 7) is -0.869. The molecule has 0 spiro atoms. The molecule has 0 saturated heterocycles. The summed E-state index contributed by atoms with van der Waals surface area (Å²) in [6.07, 6.45) is 4.93. The normalized spacial score (nSPS) is 14.7. The maximum Gasteiger partial charge on any atom is 0.304 e. The molecule has 0 aromatic heterocycles. The van der Waals surface area contributed by atoms with E-state index in [0.29, 0.717) is 10.6 Å². The van der Waals surface area contributed by atoms with Crippen molar-refractivity contribution in [3.8, 4) is 0 Å². The van der Waals surface area contributed by atoms with Crippen molar-refractivity contribution >= 4 is 50.9 Å². The van der Waals surface area contributed by atoms with Crippen LogP contribution in [0.15, 0.2) is 72.8 Å². The van der Waals surface area contributed by atoms with Crippen LogP contribution in [0.1, 0.15) is 43.2 Å². The minimum Gasteiger partial charge on any atom is -0.352 e. The molecule has 4 rings (SSSR count). The number of carbonyl (C=O) groups excluding carboxylic acids is 2. The lowest BCUT2D eigenvalue weighted by molar-refractivity contribution is -0.140. The second-order valence-corrected chi connectivity index (χ2v) is 14.0. The first-order valence-corrected chi connectivity index (χ1v) is 16.6. The van der Waals surface area contributed by atoms with Gasteiger partial charge in [0.05, 0.1) is 5.69 Å². The SMILES string of the molecule is CN(C)S(=O)(=O)N(CC(=O)N(Cc1ccc(Cl)cc1Cl)[C@H](Cc1ccccc1)C(=O)NC1CCCCC1)c1ccccc1F. The lowest BCUT2D eigenvalue weighted by Crippen LogP contribution is -2.55. The topological polar surface area (TPSA) is 90.0 Å². The summed E-state index contributed by atoms with van der Waals surface area (Å²) in [7, 11) is -1.72. The van der Waals surface area contributed by atoms with E-state index in [4.69, 9.17) is 23.2 Å². The van der Waals surface area contributed by atoms with Gasteiger partial charge in [0.1, 0.15) is 18.4 Å². The maximum absolute atomic E-state index is 15.0. The standard InChI is InChI=1S/C32H37Cl2FN4O4S/c1-37(2)44(42,43)39(29-16-10-9-15-28(29)35)22-31(40)38(21-24-17-18-25(33)20-27(24)34)30(19-23-11-5-3-6-12-23)32(41)36-26-13-7-4-8-14-26/h3,5-6,9-12,15-18,20,26,30H,4,7-8,13-14,19,21-22H2,1-2H3,(H,36,41)/t30-/m1/s1. The van der Waals surface area contributed by atoms with Crippen molar-refractivity contribution < 1.29 is 22.4 Å². The van der Waals surface area contributed by atoms with Crippen LogP contribution >= 0.6 is 23.2 Å². The molecule has 3 aromatic rings. The Morgan fingerprint density at radius 3 is 2.25 bits per heavy atom. The lowest BCUT2D eigenvalue weighted by atomic mass is 9.94. The van der Waals surface area contributed by atoms with E-state index < -0.39 is 34.5 Å². The number of anilines is 1. The molecule has 8 nitrogen and oxygen atoms in total. The third-order valence-electron chi connectivity index (χ3n) is 7.72. The molecule has 0 aliphatic heterocycles. The number of halogens is 3. The number of carbonyl (C=O) groups is 2. The van der Waals surface area contributed by atoms with E-state index in [1.54, 1.807) is 12.1 Å². The van der Waals surface area contributed by atoms with Crippen LogP contribution in [0.2, 0.25) is 10.0 Å². The zero-order chi connectivity index (χ0) is 31.9. The molecular formula is C32H37Cl2FN4O4S. The number of hydrogen-bond donors (Lipinski definition) is 1. The first-order chi connectivity index (χ1) is 21.0. The molecule has 0 heterocycles. The van der Waals surface area contributed by atoms with Crippen LogP contribution in [0.5, 0.6) is 0 Å². The molecule has 0 bridgehead atoms. The predicted molar refractivity (Wildman–Crippen MR) is 172 cm³/mol. The Bertz CT molecular complexity index is 1550. The summed E-state index contributed by atoms with van der Waals surface area (Å²) in [5, 5.41) is 3.82. The molecule has 1 aliphatic carbocycles. The molecule has 1 fully saturated rings. The van der Waals surface area contributed by atoms with Crippen molar-refractivity contribution in [1.29, 1.82) is 0 Å². The van der Waals surface area contributed by atoms with Crippen molar-refractivity contribution in [1.82, 2.24) is 14.5 Å².